The number of rotatable bonds is 2. The molecule has 3 nitrogen and oxygen atoms in total. The Morgan fingerprint density at radius 3 is 2.54 bits per heavy atom. The van der Waals surface area contributed by atoms with E-state index in [2.05, 4.69) is 20.8 Å². The van der Waals surface area contributed by atoms with Crippen LogP contribution in [0.3, 0.4) is 0 Å². The molecule has 0 bridgehead atoms. The van der Waals surface area contributed by atoms with Crippen LogP contribution in [0.1, 0.15) is 85.5 Å². The number of fused-ring (bicyclic) bond motifs is 5. The summed E-state index contributed by atoms with van der Waals surface area (Å²) in [5.74, 6) is 3.40. The molecule has 0 aromatic carbocycles. The third kappa shape index (κ3) is 2.59. The van der Waals surface area contributed by atoms with Crippen molar-refractivity contribution < 1.29 is 14.6 Å². The average Bonchev–Trinajstić information content (AvgIpc) is 2.93. The molecule has 9 atom stereocenters. The summed E-state index contributed by atoms with van der Waals surface area (Å²) in [4.78, 5) is 11.9. The number of hydrogen-bond donors (Lipinski definition) is 1. The van der Waals surface area contributed by atoms with Crippen LogP contribution in [0.15, 0.2) is 0 Å². The minimum atomic E-state index is -0.105. The lowest BCUT2D eigenvalue weighted by Crippen LogP contribution is -2.59. The molecular formula is C23H38O3. The zero-order chi connectivity index (χ0) is 18.7. The zero-order valence-electron chi connectivity index (χ0n) is 17.2. The predicted molar refractivity (Wildman–Crippen MR) is 102 cm³/mol. The van der Waals surface area contributed by atoms with Crippen molar-refractivity contribution >= 4 is 5.97 Å². The Bertz CT molecular complexity index is 560. The summed E-state index contributed by atoms with van der Waals surface area (Å²) in [5.41, 5.74) is 0.491. The van der Waals surface area contributed by atoms with Gasteiger partial charge in [0.1, 0.15) is 6.10 Å². The molecule has 3 heteroatoms. The van der Waals surface area contributed by atoms with Crippen molar-refractivity contribution in [2.75, 3.05) is 0 Å². The summed E-state index contributed by atoms with van der Waals surface area (Å²) in [6, 6.07) is 0. The minimum absolute atomic E-state index is 0.0844. The van der Waals surface area contributed by atoms with Crippen molar-refractivity contribution in [1.82, 2.24) is 0 Å². The largest absolute Gasteiger partial charge is 0.462 e. The molecule has 0 spiro atoms. The highest BCUT2D eigenvalue weighted by molar-refractivity contribution is 5.66. The third-order valence-corrected chi connectivity index (χ3v) is 9.70. The fraction of sp³-hybridized carbons (Fsp3) is 0.957. The molecule has 26 heavy (non-hydrogen) atoms. The second kappa shape index (κ2) is 6.50. The average molecular weight is 363 g/mol. The van der Waals surface area contributed by atoms with Gasteiger partial charge in [0.2, 0.25) is 0 Å². The van der Waals surface area contributed by atoms with Gasteiger partial charge in [-0.1, -0.05) is 27.2 Å². The van der Waals surface area contributed by atoms with E-state index in [0.29, 0.717) is 29.1 Å². The van der Waals surface area contributed by atoms with E-state index in [-0.39, 0.29) is 23.6 Å². The molecule has 0 amide bonds. The van der Waals surface area contributed by atoms with Gasteiger partial charge < -0.3 is 9.84 Å². The van der Waals surface area contributed by atoms with Gasteiger partial charge >= 0.3 is 5.97 Å². The fourth-order valence-corrected chi connectivity index (χ4v) is 8.33. The van der Waals surface area contributed by atoms with Gasteiger partial charge in [0.05, 0.1) is 6.10 Å². The van der Waals surface area contributed by atoms with Gasteiger partial charge in [-0.05, 0) is 86.4 Å². The highest BCUT2D eigenvalue weighted by Gasteiger charge is 2.64. The Balaban J connectivity index is 1.69. The first-order valence-electron chi connectivity index (χ1n) is 11.2. The molecule has 0 aromatic heterocycles. The van der Waals surface area contributed by atoms with E-state index in [1.165, 1.54) is 32.1 Å². The first-order valence-corrected chi connectivity index (χ1v) is 11.2. The van der Waals surface area contributed by atoms with E-state index in [1.54, 1.807) is 6.92 Å². The van der Waals surface area contributed by atoms with Crippen LogP contribution >= 0.6 is 0 Å². The number of carbonyl (C=O) groups excluding carboxylic acids is 1. The number of aliphatic hydroxyl groups excluding tert-OH is 1. The predicted octanol–water partition coefficient (Wildman–Crippen LogP) is 4.96. The lowest BCUT2D eigenvalue weighted by Gasteiger charge is -2.62. The van der Waals surface area contributed by atoms with E-state index >= 15 is 0 Å². The van der Waals surface area contributed by atoms with Crippen LogP contribution in [0.5, 0.6) is 0 Å². The van der Waals surface area contributed by atoms with Gasteiger partial charge in [0.25, 0.3) is 0 Å². The van der Waals surface area contributed by atoms with Crippen LogP contribution in [0, 0.1) is 40.4 Å². The smallest absolute Gasteiger partial charge is 0.302 e. The fourth-order valence-electron chi connectivity index (χ4n) is 8.33. The van der Waals surface area contributed by atoms with Gasteiger partial charge in [-0.25, -0.2) is 0 Å². The lowest BCUT2D eigenvalue weighted by atomic mass is 9.44. The molecule has 9 unspecified atom stereocenters. The third-order valence-electron chi connectivity index (χ3n) is 9.70. The van der Waals surface area contributed by atoms with Gasteiger partial charge in [-0.15, -0.1) is 0 Å². The maximum atomic E-state index is 11.9. The molecule has 0 aliphatic heterocycles. The maximum absolute atomic E-state index is 11.9. The van der Waals surface area contributed by atoms with Gasteiger partial charge in [0, 0.05) is 12.3 Å². The van der Waals surface area contributed by atoms with Crippen molar-refractivity contribution in [2.24, 2.45) is 40.4 Å². The van der Waals surface area contributed by atoms with Gasteiger partial charge in [-0.3, -0.25) is 4.79 Å². The Hall–Kier alpha value is -0.570. The summed E-state index contributed by atoms with van der Waals surface area (Å²) in [6.07, 6.45) is 10.6. The number of carbonyl (C=O) groups is 1. The molecule has 0 radical (unpaired) electrons. The summed E-state index contributed by atoms with van der Waals surface area (Å²) >= 11 is 0. The van der Waals surface area contributed by atoms with Crippen LogP contribution < -0.4 is 0 Å². The normalized spacial score (nSPS) is 53.3. The Kier molecular flexibility index (Phi) is 4.69. The highest BCUT2D eigenvalue weighted by atomic mass is 16.5. The van der Waals surface area contributed by atoms with Gasteiger partial charge in [-0.2, -0.15) is 0 Å². The zero-order valence-corrected chi connectivity index (χ0v) is 17.2. The summed E-state index contributed by atoms with van der Waals surface area (Å²) in [7, 11) is 0. The summed E-state index contributed by atoms with van der Waals surface area (Å²) < 4.78 is 6.05. The minimum Gasteiger partial charge on any atom is -0.462 e. The quantitative estimate of drug-likeness (QED) is 0.706. The molecule has 4 aliphatic rings. The van der Waals surface area contributed by atoms with E-state index in [0.717, 1.165) is 31.6 Å². The van der Waals surface area contributed by atoms with Gasteiger partial charge in [0.15, 0.2) is 0 Å². The number of aliphatic hydroxyl groups is 1. The van der Waals surface area contributed by atoms with E-state index in [9.17, 15) is 9.90 Å². The Morgan fingerprint density at radius 1 is 1.08 bits per heavy atom. The first-order chi connectivity index (χ1) is 12.3. The molecule has 1 N–H and O–H groups in total. The molecule has 0 saturated heterocycles. The van der Waals surface area contributed by atoms with Crippen molar-refractivity contribution in [1.29, 1.82) is 0 Å². The molecule has 4 fully saturated rings. The van der Waals surface area contributed by atoms with Crippen molar-refractivity contribution in [3.8, 4) is 0 Å². The highest BCUT2D eigenvalue weighted by Crippen LogP contribution is 2.68. The Morgan fingerprint density at radius 2 is 1.85 bits per heavy atom. The monoisotopic (exact) mass is 362 g/mol. The van der Waals surface area contributed by atoms with E-state index in [1.807, 2.05) is 0 Å². The SMILES string of the molecule is CCC1CCC2C3CCC4CC(O)CCC4(C)C3CC(OC(C)=O)C12C. The van der Waals surface area contributed by atoms with Crippen LogP contribution in [-0.2, 0) is 9.53 Å². The molecule has 4 rings (SSSR count). The molecule has 4 saturated carbocycles. The van der Waals surface area contributed by atoms with Crippen LogP contribution in [0.4, 0.5) is 0 Å². The Labute approximate surface area is 159 Å². The second-order valence-electron chi connectivity index (χ2n) is 10.5. The molecular weight excluding hydrogens is 324 g/mol. The second-order valence-corrected chi connectivity index (χ2v) is 10.5. The first kappa shape index (κ1) is 18.8. The van der Waals surface area contributed by atoms with Crippen LogP contribution in [-0.4, -0.2) is 23.3 Å². The topological polar surface area (TPSA) is 46.5 Å². The lowest BCUT2D eigenvalue weighted by molar-refractivity contribution is -0.193. The standard InChI is InChI=1S/C23H38O3/c1-5-15-7-9-19-18-8-6-16-12-17(25)10-11-22(16,3)20(18)13-21(23(15,19)4)26-14(2)24/h15-21,25H,5-13H2,1-4H3. The maximum Gasteiger partial charge on any atom is 0.302 e. The molecule has 4 aliphatic carbocycles. The van der Waals surface area contributed by atoms with E-state index in [4.69, 9.17) is 4.74 Å². The molecule has 0 aromatic rings. The van der Waals surface area contributed by atoms with Crippen molar-refractivity contribution in [2.45, 2.75) is 97.7 Å². The number of esters is 1. The summed E-state index contributed by atoms with van der Waals surface area (Å²) in [5, 5.41) is 10.2. The summed E-state index contributed by atoms with van der Waals surface area (Å²) in [6.45, 7) is 8.85. The number of hydrogen-bond acceptors (Lipinski definition) is 3. The molecule has 0 heterocycles. The van der Waals surface area contributed by atoms with Crippen LogP contribution in [0.2, 0.25) is 0 Å². The van der Waals surface area contributed by atoms with Crippen LogP contribution in [0.25, 0.3) is 0 Å². The molecule has 148 valence electrons. The number of ether oxygens (including phenoxy) is 1. The van der Waals surface area contributed by atoms with Crippen molar-refractivity contribution in [3.63, 3.8) is 0 Å². The van der Waals surface area contributed by atoms with Crippen molar-refractivity contribution in [3.05, 3.63) is 0 Å². The van der Waals surface area contributed by atoms with E-state index < -0.39 is 0 Å².